The molecule has 5 amide bonds. The van der Waals surface area contributed by atoms with Crippen molar-refractivity contribution in [3.8, 4) is 0 Å². The molecular formula is C37H42F3N5O13. The number of carboxylic acid groups (broad SMARTS) is 2. The maximum absolute atomic E-state index is 13.5. The van der Waals surface area contributed by atoms with Crippen LogP contribution in [0.3, 0.4) is 0 Å². The number of fused-ring (bicyclic) bond motifs is 1. The molecule has 8 N–H and O–H groups in total. The van der Waals surface area contributed by atoms with Crippen LogP contribution in [0.2, 0.25) is 0 Å². The van der Waals surface area contributed by atoms with E-state index in [4.69, 9.17) is 9.15 Å². The van der Waals surface area contributed by atoms with Gasteiger partial charge in [0.15, 0.2) is 0 Å². The standard InChI is InChI=1S/C37H42F3N5O13/c1-4-18(2)30(45-36(56)57-17-20-8-6-5-7-9-20)34(54)42-24(12-13-27(47)48)32(52)44-31(19(3)46)35(55)43-25(16-28(49)50)33(53)41-21-10-11-22-23(37(38,39)40)15-29(51)58-26(22)14-21/h5-11,14-15,18-19,24-25,30-31,46H,4,12-13,16-17H2,1-3H3,(H,41,53)(H,42,54)(H,43,55)(H,44,52)(H,45,56)(H,47,48)(H,49,50). The third-order valence-corrected chi connectivity index (χ3v) is 8.65. The number of aliphatic carboxylic acids is 2. The number of aliphatic hydroxyl groups excluding tert-OH is 1. The SMILES string of the molecule is CCC(C)C(NC(=O)OCc1ccccc1)C(=O)NC(CCC(=O)O)C(=O)NC(C(=O)NC(CC(=O)O)C(=O)Nc1ccc2c(C(F)(F)F)cc(=O)oc2c1)C(C)O. The Balaban J connectivity index is 1.78. The third kappa shape index (κ3) is 13.6. The van der Waals surface area contributed by atoms with Crippen molar-refractivity contribution in [2.45, 2.75) is 89.5 Å². The summed E-state index contributed by atoms with van der Waals surface area (Å²) in [6.07, 6.45) is -9.56. The van der Waals surface area contributed by atoms with Gasteiger partial charge in [-0.25, -0.2) is 9.59 Å². The van der Waals surface area contributed by atoms with Crippen LogP contribution in [0.1, 0.15) is 57.6 Å². The van der Waals surface area contributed by atoms with Crippen LogP contribution < -0.4 is 32.2 Å². The monoisotopic (exact) mass is 821 g/mol. The summed E-state index contributed by atoms with van der Waals surface area (Å²) in [7, 11) is 0. The van der Waals surface area contributed by atoms with Crippen LogP contribution in [-0.4, -0.2) is 87.3 Å². The molecule has 1 heterocycles. The second-order valence-electron chi connectivity index (χ2n) is 13.1. The topological polar surface area (TPSA) is 280 Å². The summed E-state index contributed by atoms with van der Waals surface area (Å²) < 4.78 is 50.4. The van der Waals surface area contributed by atoms with Crippen LogP contribution in [-0.2, 0) is 46.3 Å². The number of carbonyl (C=O) groups is 7. The number of hydrogen-bond donors (Lipinski definition) is 8. The summed E-state index contributed by atoms with van der Waals surface area (Å²) >= 11 is 0. The molecule has 0 aliphatic heterocycles. The van der Waals surface area contributed by atoms with E-state index in [-0.39, 0.29) is 18.4 Å². The number of rotatable bonds is 19. The van der Waals surface area contributed by atoms with Gasteiger partial charge in [0, 0.05) is 29.6 Å². The van der Waals surface area contributed by atoms with Gasteiger partial charge in [0.25, 0.3) is 0 Å². The number of alkyl carbamates (subject to hydrolysis) is 1. The summed E-state index contributed by atoms with van der Waals surface area (Å²) in [4.78, 5) is 101. The van der Waals surface area contributed by atoms with E-state index >= 15 is 0 Å². The molecule has 0 aliphatic rings. The first kappa shape index (κ1) is 45.9. The van der Waals surface area contributed by atoms with Gasteiger partial charge in [-0.15, -0.1) is 0 Å². The Morgan fingerprint density at radius 1 is 0.793 bits per heavy atom. The number of carbonyl (C=O) groups excluding carboxylic acids is 5. The summed E-state index contributed by atoms with van der Waals surface area (Å²) in [6.45, 7) is 4.25. The number of anilines is 1. The molecule has 0 saturated heterocycles. The fraction of sp³-hybridized carbons (Fsp3) is 0.405. The molecule has 6 unspecified atom stereocenters. The highest BCUT2D eigenvalue weighted by atomic mass is 19.4. The van der Waals surface area contributed by atoms with Gasteiger partial charge in [-0.3, -0.25) is 28.8 Å². The molecule has 3 aromatic rings. The Labute approximate surface area is 327 Å². The Hall–Kier alpha value is -6.51. The number of aliphatic hydroxyl groups is 1. The van der Waals surface area contributed by atoms with Gasteiger partial charge in [0.05, 0.1) is 18.1 Å². The van der Waals surface area contributed by atoms with E-state index in [9.17, 15) is 66.8 Å². The van der Waals surface area contributed by atoms with E-state index in [1.165, 1.54) is 0 Å². The summed E-state index contributed by atoms with van der Waals surface area (Å²) in [6, 6.07) is 4.79. The van der Waals surface area contributed by atoms with Crippen molar-refractivity contribution in [3.63, 3.8) is 0 Å². The van der Waals surface area contributed by atoms with Gasteiger partial charge in [0.2, 0.25) is 23.6 Å². The number of alkyl halides is 3. The predicted octanol–water partition coefficient (Wildman–Crippen LogP) is 2.27. The van der Waals surface area contributed by atoms with Gasteiger partial charge in [0.1, 0.15) is 36.4 Å². The van der Waals surface area contributed by atoms with Crippen molar-refractivity contribution in [3.05, 3.63) is 76.1 Å². The van der Waals surface area contributed by atoms with Crippen molar-refractivity contribution in [1.29, 1.82) is 0 Å². The van der Waals surface area contributed by atoms with Crippen molar-refractivity contribution < 1.29 is 71.2 Å². The molecule has 0 spiro atoms. The first-order chi connectivity index (χ1) is 27.2. The van der Waals surface area contributed by atoms with Crippen LogP contribution in [0.15, 0.2) is 63.8 Å². The van der Waals surface area contributed by atoms with E-state index in [1.807, 2.05) is 0 Å². The Kier molecular flexibility index (Phi) is 16.3. The maximum Gasteiger partial charge on any atom is 0.417 e. The smallest absolute Gasteiger partial charge is 0.417 e. The van der Waals surface area contributed by atoms with E-state index in [0.29, 0.717) is 12.0 Å². The van der Waals surface area contributed by atoms with Crippen LogP contribution in [0.4, 0.5) is 23.7 Å². The molecule has 0 saturated carbocycles. The van der Waals surface area contributed by atoms with Crippen molar-refractivity contribution in [2.24, 2.45) is 5.92 Å². The summed E-state index contributed by atoms with van der Waals surface area (Å²) in [5.74, 6) is -8.15. The summed E-state index contributed by atoms with van der Waals surface area (Å²) in [5.41, 5.74) is -2.84. The molecule has 0 fully saturated rings. The van der Waals surface area contributed by atoms with Crippen LogP contribution in [0, 0.1) is 5.92 Å². The second kappa shape index (κ2) is 20.6. The lowest BCUT2D eigenvalue weighted by molar-refractivity contribution is -0.141. The molecule has 0 radical (unpaired) electrons. The zero-order valence-electron chi connectivity index (χ0n) is 31.3. The lowest BCUT2D eigenvalue weighted by Gasteiger charge is -2.28. The number of amides is 5. The lowest BCUT2D eigenvalue weighted by Crippen LogP contribution is -2.61. The Morgan fingerprint density at radius 3 is 2.02 bits per heavy atom. The molecule has 314 valence electrons. The maximum atomic E-state index is 13.5. The van der Waals surface area contributed by atoms with Gasteiger partial charge < -0.3 is 51.1 Å². The van der Waals surface area contributed by atoms with Crippen molar-refractivity contribution in [1.82, 2.24) is 21.3 Å². The largest absolute Gasteiger partial charge is 0.481 e. The minimum Gasteiger partial charge on any atom is -0.481 e. The van der Waals surface area contributed by atoms with E-state index < -0.39 is 125 Å². The predicted molar refractivity (Wildman–Crippen MR) is 196 cm³/mol. The summed E-state index contributed by atoms with van der Waals surface area (Å²) in [5, 5.41) is 39.9. The first-order valence-electron chi connectivity index (χ1n) is 17.7. The van der Waals surface area contributed by atoms with Gasteiger partial charge >= 0.3 is 29.8 Å². The van der Waals surface area contributed by atoms with Crippen molar-refractivity contribution in [2.75, 3.05) is 5.32 Å². The Bertz CT molecular complexity index is 2040. The fourth-order valence-corrected chi connectivity index (χ4v) is 5.40. The van der Waals surface area contributed by atoms with Crippen LogP contribution in [0.25, 0.3) is 11.0 Å². The molecule has 18 nitrogen and oxygen atoms in total. The van der Waals surface area contributed by atoms with Gasteiger partial charge in [-0.1, -0.05) is 50.6 Å². The molecule has 21 heteroatoms. The second-order valence-corrected chi connectivity index (χ2v) is 13.1. The molecular weight excluding hydrogens is 779 g/mol. The quantitative estimate of drug-likeness (QED) is 0.0807. The lowest BCUT2D eigenvalue weighted by atomic mass is 9.97. The van der Waals surface area contributed by atoms with E-state index in [1.54, 1.807) is 44.2 Å². The average Bonchev–Trinajstić information content (AvgIpc) is 3.15. The zero-order valence-corrected chi connectivity index (χ0v) is 31.3. The van der Waals surface area contributed by atoms with Crippen LogP contribution >= 0.6 is 0 Å². The molecule has 58 heavy (non-hydrogen) atoms. The molecule has 0 aliphatic carbocycles. The first-order valence-corrected chi connectivity index (χ1v) is 17.7. The molecule has 3 rings (SSSR count). The minimum atomic E-state index is -4.93. The number of carboxylic acids is 2. The highest BCUT2D eigenvalue weighted by Gasteiger charge is 2.36. The molecule has 0 bridgehead atoms. The fourth-order valence-electron chi connectivity index (χ4n) is 5.40. The van der Waals surface area contributed by atoms with Crippen LogP contribution in [0.5, 0.6) is 0 Å². The number of halogens is 3. The molecule has 6 atom stereocenters. The minimum absolute atomic E-state index is 0.127. The highest BCUT2D eigenvalue weighted by Crippen LogP contribution is 2.34. The zero-order chi connectivity index (χ0) is 43.3. The normalized spacial score (nSPS) is 14.4. The molecule has 1 aromatic heterocycles. The number of nitrogens with one attached hydrogen (secondary N) is 5. The highest BCUT2D eigenvalue weighted by molar-refractivity contribution is 6.01. The molecule has 2 aromatic carbocycles. The van der Waals surface area contributed by atoms with E-state index in [0.717, 1.165) is 25.1 Å². The third-order valence-electron chi connectivity index (χ3n) is 8.65. The Morgan fingerprint density at radius 2 is 1.43 bits per heavy atom. The van der Waals surface area contributed by atoms with Gasteiger partial charge in [-0.05, 0) is 37.0 Å². The van der Waals surface area contributed by atoms with E-state index in [2.05, 4.69) is 26.6 Å². The van der Waals surface area contributed by atoms with Crippen molar-refractivity contribution >= 4 is 58.3 Å². The average molecular weight is 822 g/mol. The number of ether oxygens (including phenoxy) is 1. The van der Waals surface area contributed by atoms with Gasteiger partial charge in [-0.2, -0.15) is 13.2 Å². The number of hydrogen-bond acceptors (Lipinski definition) is 11. The number of benzene rings is 2.